The van der Waals surface area contributed by atoms with E-state index in [1.165, 1.54) is 83.6 Å². The van der Waals surface area contributed by atoms with Gasteiger partial charge in [-0.25, -0.2) is 0 Å². The van der Waals surface area contributed by atoms with E-state index in [4.69, 9.17) is 0 Å². The largest absolute Gasteiger partial charge is 0.316 e. The fourth-order valence-electron chi connectivity index (χ4n) is 3.90. The van der Waals surface area contributed by atoms with Crippen molar-refractivity contribution in [2.24, 2.45) is 11.3 Å². The molecule has 0 aromatic heterocycles. The van der Waals surface area contributed by atoms with Gasteiger partial charge in [0.15, 0.2) is 0 Å². The first-order valence-corrected chi connectivity index (χ1v) is 9.47. The number of nitrogens with one attached hydrogen (secondary N) is 1. The number of unbranched alkanes of at least 4 members (excludes halogenated alkanes) is 4. The van der Waals surface area contributed by atoms with Gasteiger partial charge in [0.25, 0.3) is 0 Å². The number of hydrogen-bond donors (Lipinski definition) is 1. The summed E-state index contributed by atoms with van der Waals surface area (Å²) in [6.45, 7) is 9.29. The van der Waals surface area contributed by atoms with Crippen LogP contribution >= 0.6 is 0 Å². The Morgan fingerprint density at radius 2 is 1.60 bits per heavy atom. The molecule has 0 aromatic rings. The Morgan fingerprint density at radius 1 is 0.900 bits per heavy atom. The minimum absolute atomic E-state index is 0.645. The van der Waals surface area contributed by atoms with Crippen molar-refractivity contribution in [2.45, 2.75) is 97.8 Å². The zero-order valence-corrected chi connectivity index (χ0v) is 14.5. The molecule has 0 saturated heterocycles. The lowest BCUT2D eigenvalue weighted by molar-refractivity contribution is 0.124. The maximum absolute atomic E-state index is 3.66. The van der Waals surface area contributed by atoms with Crippen LogP contribution < -0.4 is 5.32 Å². The van der Waals surface area contributed by atoms with Crippen LogP contribution in [0.4, 0.5) is 0 Å². The van der Waals surface area contributed by atoms with Crippen LogP contribution in [-0.4, -0.2) is 13.1 Å². The maximum atomic E-state index is 3.66. The van der Waals surface area contributed by atoms with Gasteiger partial charge in [-0.3, -0.25) is 0 Å². The first-order chi connectivity index (χ1) is 9.76. The minimum Gasteiger partial charge on any atom is -0.316 e. The molecule has 120 valence electrons. The van der Waals surface area contributed by atoms with E-state index < -0.39 is 0 Å². The van der Waals surface area contributed by atoms with Gasteiger partial charge >= 0.3 is 0 Å². The molecule has 1 heteroatoms. The molecule has 1 saturated carbocycles. The number of hydrogen-bond acceptors (Lipinski definition) is 1. The molecule has 20 heavy (non-hydrogen) atoms. The predicted molar refractivity (Wildman–Crippen MR) is 91.2 cm³/mol. The van der Waals surface area contributed by atoms with Gasteiger partial charge < -0.3 is 5.32 Å². The molecule has 0 spiro atoms. The van der Waals surface area contributed by atoms with Crippen LogP contribution in [-0.2, 0) is 0 Å². The van der Waals surface area contributed by atoms with Crippen molar-refractivity contribution >= 4 is 0 Å². The van der Waals surface area contributed by atoms with Gasteiger partial charge in [-0.05, 0) is 50.0 Å². The van der Waals surface area contributed by atoms with E-state index in [0.717, 1.165) is 12.5 Å². The summed E-state index contributed by atoms with van der Waals surface area (Å²) in [5.74, 6) is 1.04. The molecular formula is C19H39N. The van der Waals surface area contributed by atoms with Gasteiger partial charge in [0.1, 0.15) is 0 Å². The Balaban J connectivity index is 2.36. The molecule has 1 fully saturated rings. The lowest BCUT2D eigenvalue weighted by Gasteiger charge is -2.41. The highest BCUT2D eigenvalue weighted by atomic mass is 14.9. The van der Waals surface area contributed by atoms with Crippen LogP contribution in [0.3, 0.4) is 0 Å². The highest BCUT2D eigenvalue weighted by Gasteiger charge is 2.34. The van der Waals surface area contributed by atoms with Gasteiger partial charge in [0.2, 0.25) is 0 Å². The molecule has 1 rings (SSSR count). The summed E-state index contributed by atoms with van der Waals surface area (Å²) >= 11 is 0. The molecule has 0 unspecified atom stereocenters. The molecule has 0 atom stereocenters. The summed E-state index contributed by atoms with van der Waals surface area (Å²) in [7, 11) is 0. The van der Waals surface area contributed by atoms with Gasteiger partial charge in [0, 0.05) is 6.54 Å². The summed E-state index contributed by atoms with van der Waals surface area (Å²) in [6, 6.07) is 0. The standard InChI is InChI=1S/C19H39N/c1-4-7-9-10-14-19(17-20-6-3)15-12-18(13-16-19)11-8-5-2/h18,20H,4-17H2,1-3H3. The van der Waals surface area contributed by atoms with Crippen molar-refractivity contribution < 1.29 is 0 Å². The van der Waals surface area contributed by atoms with Crippen molar-refractivity contribution in [3.63, 3.8) is 0 Å². The van der Waals surface area contributed by atoms with Crippen LogP contribution in [0.15, 0.2) is 0 Å². The molecule has 0 bridgehead atoms. The Labute approximate surface area is 128 Å². The smallest absolute Gasteiger partial charge is 0.000769 e. The maximum Gasteiger partial charge on any atom is 0.000769 e. The predicted octanol–water partition coefficient (Wildman–Crippen LogP) is 5.93. The van der Waals surface area contributed by atoms with Crippen LogP contribution in [0, 0.1) is 11.3 Å². The normalized spacial score (nSPS) is 26.9. The Morgan fingerprint density at radius 3 is 2.20 bits per heavy atom. The molecule has 0 aromatic carbocycles. The minimum atomic E-state index is 0.645. The third-order valence-electron chi connectivity index (χ3n) is 5.44. The third-order valence-corrected chi connectivity index (χ3v) is 5.44. The summed E-state index contributed by atoms with van der Waals surface area (Å²) in [5.41, 5.74) is 0.645. The fourth-order valence-corrected chi connectivity index (χ4v) is 3.90. The molecule has 0 heterocycles. The average molecular weight is 282 g/mol. The Hall–Kier alpha value is -0.0400. The lowest BCUT2D eigenvalue weighted by Crippen LogP contribution is -2.37. The van der Waals surface area contributed by atoms with Crippen LogP contribution in [0.2, 0.25) is 0 Å². The molecular weight excluding hydrogens is 242 g/mol. The van der Waals surface area contributed by atoms with E-state index in [2.05, 4.69) is 26.1 Å². The lowest BCUT2D eigenvalue weighted by atomic mass is 9.67. The van der Waals surface area contributed by atoms with Gasteiger partial charge in [-0.15, -0.1) is 0 Å². The first-order valence-electron chi connectivity index (χ1n) is 9.47. The summed E-state index contributed by atoms with van der Waals surface area (Å²) in [6.07, 6.45) is 17.4. The third kappa shape index (κ3) is 6.61. The zero-order valence-electron chi connectivity index (χ0n) is 14.5. The Kier molecular flexibility index (Phi) is 9.59. The Bertz CT molecular complexity index is 216. The zero-order chi connectivity index (χ0) is 14.7. The molecule has 1 aliphatic carbocycles. The van der Waals surface area contributed by atoms with Gasteiger partial charge in [0.05, 0.1) is 0 Å². The summed E-state index contributed by atoms with van der Waals surface area (Å²) in [5, 5.41) is 3.66. The molecule has 1 N–H and O–H groups in total. The monoisotopic (exact) mass is 281 g/mol. The van der Waals surface area contributed by atoms with Crippen LogP contribution in [0.1, 0.15) is 97.8 Å². The molecule has 1 nitrogen and oxygen atoms in total. The van der Waals surface area contributed by atoms with E-state index in [9.17, 15) is 0 Å². The quantitative estimate of drug-likeness (QED) is 0.463. The van der Waals surface area contributed by atoms with Crippen molar-refractivity contribution in [2.75, 3.05) is 13.1 Å². The SMILES string of the molecule is CCCCCCC1(CNCC)CCC(CCCC)CC1. The summed E-state index contributed by atoms with van der Waals surface area (Å²) < 4.78 is 0. The second kappa shape index (κ2) is 10.7. The highest BCUT2D eigenvalue weighted by molar-refractivity contribution is 4.87. The first kappa shape index (κ1) is 18.0. The van der Waals surface area contributed by atoms with E-state index in [-0.39, 0.29) is 0 Å². The van der Waals surface area contributed by atoms with E-state index >= 15 is 0 Å². The van der Waals surface area contributed by atoms with E-state index in [0.29, 0.717) is 5.41 Å². The van der Waals surface area contributed by atoms with Crippen LogP contribution in [0.5, 0.6) is 0 Å². The van der Waals surface area contributed by atoms with Crippen LogP contribution in [0.25, 0.3) is 0 Å². The van der Waals surface area contributed by atoms with Crippen molar-refractivity contribution in [3.05, 3.63) is 0 Å². The fraction of sp³-hybridized carbons (Fsp3) is 1.00. The van der Waals surface area contributed by atoms with Crippen molar-refractivity contribution in [1.82, 2.24) is 5.32 Å². The summed E-state index contributed by atoms with van der Waals surface area (Å²) in [4.78, 5) is 0. The molecule has 1 aliphatic rings. The van der Waals surface area contributed by atoms with E-state index in [1.807, 2.05) is 0 Å². The highest BCUT2D eigenvalue weighted by Crippen LogP contribution is 2.43. The molecule has 0 radical (unpaired) electrons. The topological polar surface area (TPSA) is 12.0 Å². The second-order valence-electron chi connectivity index (χ2n) is 7.18. The van der Waals surface area contributed by atoms with Crippen molar-refractivity contribution in [1.29, 1.82) is 0 Å². The second-order valence-corrected chi connectivity index (χ2v) is 7.18. The van der Waals surface area contributed by atoms with Crippen molar-refractivity contribution in [3.8, 4) is 0 Å². The van der Waals surface area contributed by atoms with Gasteiger partial charge in [-0.2, -0.15) is 0 Å². The molecule has 0 amide bonds. The molecule has 0 aliphatic heterocycles. The van der Waals surface area contributed by atoms with Gasteiger partial charge in [-0.1, -0.05) is 65.7 Å². The number of rotatable bonds is 11. The van der Waals surface area contributed by atoms with E-state index in [1.54, 1.807) is 0 Å². The average Bonchev–Trinajstić information content (AvgIpc) is 2.49.